The average molecular weight is 597 g/mol. The standard InChI is InChI=1S/C47H32/c1-47(2)44-17-8-7-14-39(44)40-23-22-31(28-45(40)47)34-25-24-32(35-10-3-4-11-36(34)35)29-18-20-30(21-19-29)33-26-27-43-38-13-6-5-12-37(38)42-16-9-15-41(33)46(42)43/h3-28H,1-2H3. The number of fused-ring (bicyclic) bond motifs is 7. The first kappa shape index (κ1) is 26.5. The molecule has 47 heavy (non-hydrogen) atoms. The third-order valence-electron chi connectivity index (χ3n) is 10.9. The van der Waals surface area contributed by atoms with Crippen molar-refractivity contribution in [1.82, 2.24) is 0 Å². The van der Waals surface area contributed by atoms with Gasteiger partial charge in [-0.15, -0.1) is 0 Å². The molecule has 8 aromatic rings. The number of hydrogen-bond acceptors (Lipinski definition) is 0. The van der Waals surface area contributed by atoms with Gasteiger partial charge in [0.05, 0.1) is 0 Å². The van der Waals surface area contributed by atoms with Gasteiger partial charge in [0, 0.05) is 5.41 Å². The maximum absolute atomic E-state index is 2.43. The lowest BCUT2D eigenvalue weighted by atomic mass is 9.81. The Hall–Kier alpha value is -5.72. The monoisotopic (exact) mass is 596 g/mol. The van der Waals surface area contributed by atoms with Crippen molar-refractivity contribution < 1.29 is 0 Å². The topological polar surface area (TPSA) is 0 Å². The van der Waals surface area contributed by atoms with E-state index < -0.39 is 0 Å². The van der Waals surface area contributed by atoms with Crippen LogP contribution in [0.2, 0.25) is 0 Å². The van der Waals surface area contributed by atoms with Gasteiger partial charge >= 0.3 is 0 Å². The molecule has 2 aliphatic rings. The zero-order chi connectivity index (χ0) is 31.3. The van der Waals surface area contributed by atoms with Gasteiger partial charge in [0.25, 0.3) is 0 Å². The van der Waals surface area contributed by atoms with Crippen molar-refractivity contribution in [1.29, 1.82) is 0 Å². The molecule has 0 N–H and O–H groups in total. The smallest absolute Gasteiger partial charge is 0.0159 e. The summed E-state index contributed by atoms with van der Waals surface area (Å²) >= 11 is 0. The van der Waals surface area contributed by atoms with Gasteiger partial charge in [-0.1, -0.05) is 166 Å². The zero-order valence-corrected chi connectivity index (χ0v) is 26.5. The van der Waals surface area contributed by atoms with Gasteiger partial charge in [-0.05, 0) is 105 Å². The van der Waals surface area contributed by atoms with Gasteiger partial charge in [0.1, 0.15) is 0 Å². The molecule has 0 fully saturated rings. The lowest BCUT2D eigenvalue weighted by molar-refractivity contribution is 0.660. The van der Waals surface area contributed by atoms with Crippen LogP contribution in [0.3, 0.4) is 0 Å². The van der Waals surface area contributed by atoms with Crippen LogP contribution in [0, 0.1) is 0 Å². The lowest BCUT2D eigenvalue weighted by Gasteiger charge is -2.22. The molecule has 0 nitrogen and oxygen atoms in total. The van der Waals surface area contributed by atoms with Crippen molar-refractivity contribution in [2.75, 3.05) is 0 Å². The highest BCUT2D eigenvalue weighted by atomic mass is 14.4. The summed E-state index contributed by atoms with van der Waals surface area (Å²) in [5.74, 6) is 0. The maximum Gasteiger partial charge on any atom is 0.0159 e. The van der Waals surface area contributed by atoms with Gasteiger partial charge < -0.3 is 0 Å². The van der Waals surface area contributed by atoms with E-state index in [9.17, 15) is 0 Å². The highest BCUT2D eigenvalue weighted by Gasteiger charge is 2.35. The van der Waals surface area contributed by atoms with Crippen molar-refractivity contribution in [3.05, 3.63) is 169 Å². The van der Waals surface area contributed by atoms with Crippen LogP contribution in [0.25, 0.3) is 88.3 Å². The van der Waals surface area contributed by atoms with Crippen LogP contribution in [0.5, 0.6) is 0 Å². The number of rotatable bonds is 3. The normalized spacial score (nSPS) is 13.5. The number of hydrogen-bond donors (Lipinski definition) is 0. The highest BCUT2D eigenvalue weighted by molar-refractivity contribution is 6.18. The van der Waals surface area contributed by atoms with E-state index in [-0.39, 0.29) is 5.41 Å². The van der Waals surface area contributed by atoms with Crippen LogP contribution < -0.4 is 0 Å². The van der Waals surface area contributed by atoms with Crippen molar-refractivity contribution >= 4 is 21.5 Å². The summed E-state index contributed by atoms with van der Waals surface area (Å²) in [5, 5.41) is 5.26. The van der Waals surface area contributed by atoms with Gasteiger partial charge in [-0.25, -0.2) is 0 Å². The molecule has 0 heterocycles. The van der Waals surface area contributed by atoms with E-state index in [4.69, 9.17) is 0 Å². The van der Waals surface area contributed by atoms with Crippen LogP contribution in [-0.4, -0.2) is 0 Å². The quantitative estimate of drug-likeness (QED) is 0.190. The van der Waals surface area contributed by atoms with Crippen LogP contribution in [-0.2, 0) is 5.41 Å². The predicted octanol–water partition coefficient (Wildman–Crippen LogP) is 12.9. The molecule has 0 spiro atoms. The minimum Gasteiger partial charge on any atom is -0.0619 e. The first-order valence-electron chi connectivity index (χ1n) is 16.6. The van der Waals surface area contributed by atoms with Crippen molar-refractivity contribution in [3.63, 3.8) is 0 Å². The van der Waals surface area contributed by atoms with E-state index in [1.807, 2.05) is 0 Å². The van der Waals surface area contributed by atoms with Crippen LogP contribution in [0.4, 0.5) is 0 Å². The molecule has 8 aromatic carbocycles. The summed E-state index contributed by atoms with van der Waals surface area (Å²) in [6.45, 7) is 4.71. The Kier molecular flexibility index (Phi) is 5.44. The molecule has 0 saturated carbocycles. The molecule has 220 valence electrons. The molecule has 0 atom stereocenters. The van der Waals surface area contributed by atoms with Gasteiger partial charge in [-0.3, -0.25) is 0 Å². The molecule has 0 aliphatic heterocycles. The number of benzene rings is 8. The third kappa shape index (κ3) is 3.70. The van der Waals surface area contributed by atoms with Crippen molar-refractivity contribution in [2.45, 2.75) is 19.3 Å². The molecule has 0 amide bonds. The minimum absolute atomic E-state index is 0.0195. The third-order valence-corrected chi connectivity index (χ3v) is 10.9. The second-order valence-electron chi connectivity index (χ2n) is 13.6. The molecular formula is C47H32. The molecule has 0 heteroatoms. The molecule has 2 aliphatic carbocycles. The SMILES string of the molecule is CC1(C)c2ccccc2-c2ccc(-c3ccc(-c4ccc(-c5ccc6c7c(cccc57)-c5ccccc5-6)cc4)c4ccccc34)cc21. The second-order valence-corrected chi connectivity index (χ2v) is 13.6. The lowest BCUT2D eigenvalue weighted by Crippen LogP contribution is -2.14. The Balaban J connectivity index is 1.05. The van der Waals surface area contributed by atoms with E-state index in [1.165, 1.54) is 99.4 Å². The zero-order valence-electron chi connectivity index (χ0n) is 26.5. The van der Waals surface area contributed by atoms with Crippen LogP contribution >= 0.6 is 0 Å². The van der Waals surface area contributed by atoms with Crippen LogP contribution in [0.15, 0.2) is 158 Å². The molecular weight excluding hydrogens is 565 g/mol. The highest BCUT2D eigenvalue weighted by Crippen LogP contribution is 2.51. The largest absolute Gasteiger partial charge is 0.0619 e. The van der Waals surface area contributed by atoms with E-state index >= 15 is 0 Å². The van der Waals surface area contributed by atoms with E-state index in [0.717, 1.165) is 0 Å². The average Bonchev–Trinajstić information content (AvgIpc) is 3.57. The summed E-state index contributed by atoms with van der Waals surface area (Å²) in [5.41, 5.74) is 18.5. The summed E-state index contributed by atoms with van der Waals surface area (Å²) < 4.78 is 0. The molecule has 0 radical (unpaired) electrons. The Bertz CT molecular complexity index is 2550. The van der Waals surface area contributed by atoms with Gasteiger partial charge in [0.15, 0.2) is 0 Å². The molecule has 0 unspecified atom stereocenters. The fourth-order valence-corrected chi connectivity index (χ4v) is 8.56. The predicted molar refractivity (Wildman–Crippen MR) is 200 cm³/mol. The Morgan fingerprint density at radius 1 is 0.298 bits per heavy atom. The maximum atomic E-state index is 2.43. The van der Waals surface area contributed by atoms with Crippen LogP contribution in [0.1, 0.15) is 25.0 Å². The first-order chi connectivity index (χ1) is 23.1. The van der Waals surface area contributed by atoms with E-state index in [0.29, 0.717) is 0 Å². The van der Waals surface area contributed by atoms with E-state index in [2.05, 4.69) is 172 Å². The Morgan fingerprint density at radius 2 is 0.723 bits per heavy atom. The van der Waals surface area contributed by atoms with Crippen molar-refractivity contribution in [3.8, 4) is 66.8 Å². The molecule has 0 bridgehead atoms. The summed E-state index contributed by atoms with van der Waals surface area (Å²) in [7, 11) is 0. The van der Waals surface area contributed by atoms with E-state index in [1.54, 1.807) is 0 Å². The fourth-order valence-electron chi connectivity index (χ4n) is 8.56. The summed E-state index contributed by atoms with van der Waals surface area (Å²) in [4.78, 5) is 0. The molecule has 0 aromatic heterocycles. The Labute approximate surface area is 275 Å². The first-order valence-corrected chi connectivity index (χ1v) is 16.6. The second kappa shape index (κ2) is 9.64. The van der Waals surface area contributed by atoms with Crippen molar-refractivity contribution in [2.24, 2.45) is 0 Å². The summed E-state index contributed by atoms with van der Waals surface area (Å²) in [6.07, 6.45) is 0. The molecule has 0 saturated heterocycles. The summed E-state index contributed by atoms with van der Waals surface area (Å²) in [6, 6.07) is 58.8. The van der Waals surface area contributed by atoms with Gasteiger partial charge in [-0.2, -0.15) is 0 Å². The minimum atomic E-state index is -0.0195. The molecule has 10 rings (SSSR count). The fraction of sp³-hybridized carbons (Fsp3) is 0.0638. The Morgan fingerprint density at radius 3 is 1.40 bits per heavy atom. The van der Waals surface area contributed by atoms with Gasteiger partial charge in [0.2, 0.25) is 0 Å².